The molecule has 0 saturated heterocycles. The molecular formula is C20H19FN4O4S. The van der Waals surface area contributed by atoms with Crippen LogP contribution in [0.5, 0.6) is 0 Å². The molecule has 1 atom stereocenters. The van der Waals surface area contributed by atoms with E-state index in [2.05, 4.69) is 14.9 Å². The molecule has 0 aliphatic heterocycles. The van der Waals surface area contributed by atoms with Gasteiger partial charge < -0.3 is 4.42 Å². The van der Waals surface area contributed by atoms with E-state index in [0.717, 1.165) is 11.1 Å². The minimum Gasteiger partial charge on any atom is -0.391 e. The van der Waals surface area contributed by atoms with Crippen molar-refractivity contribution < 1.29 is 17.2 Å². The highest BCUT2D eigenvalue weighted by atomic mass is 32.2. The zero-order valence-corrected chi connectivity index (χ0v) is 17.1. The van der Waals surface area contributed by atoms with Crippen LogP contribution >= 0.6 is 0 Å². The van der Waals surface area contributed by atoms with Crippen molar-refractivity contribution in [3.63, 3.8) is 0 Å². The third kappa shape index (κ3) is 4.64. The molecule has 3 rings (SSSR count). The third-order valence-corrected chi connectivity index (χ3v) is 6.33. The average Bonchev–Trinajstić information content (AvgIpc) is 3.16. The number of nitrogens with one attached hydrogen (secondary N) is 2. The molecule has 0 saturated carbocycles. The highest BCUT2D eigenvalue weighted by Gasteiger charge is 2.26. The Morgan fingerprint density at radius 1 is 1.23 bits per heavy atom. The van der Waals surface area contributed by atoms with Crippen LogP contribution in [0.15, 0.2) is 50.5 Å². The number of benzene rings is 2. The summed E-state index contributed by atoms with van der Waals surface area (Å²) in [5.74, 6) is -1.37. The quantitative estimate of drug-likeness (QED) is 0.593. The van der Waals surface area contributed by atoms with Crippen LogP contribution in [-0.4, -0.2) is 18.6 Å². The van der Waals surface area contributed by atoms with Crippen molar-refractivity contribution in [3.05, 3.63) is 80.9 Å². The third-order valence-electron chi connectivity index (χ3n) is 4.84. The first-order valence-electron chi connectivity index (χ1n) is 9.03. The number of hydrogen-bond acceptors (Lipinski definition) is 6. The topological polar surface area (TPSA) is 129 Å². The van der Waals surface area contributed by atoms with E-state index in [0.29, 0.717) is 11.1 Å². The molecule has 2 aromatic carbocycles. The molecule has 0 bridgehead atoms. The van der Waals surface area contributed by atoms with Crippen molar-refractivity contribution in [2.24, 2.45) is 0 Å². The lowest BCUT2D eigenvalue weighted by molar-refractivity contribution is 0.395. The van der Waals surface area contributed by atoms with Gasteiger partial charge in [-0.05, 0) is 73.7 Å². The molecule has 0 aliphatic carbocycles. The summed E-state index contributed by atoms with van der Waals surface area (Å²) in [5, 5.41) is 14.7. The van der Waals surface area contributed by atoms with Crippen LogP contribution in [0, 0.1) is 31.0 Å². The largest absolute Gasteiger partial charge is 0.434 e. The van der Waals surface area contributed by atoms with E-state index >= 15 is 0 Å². The lowest BCUT2D eigenvalue weighted by Gasteiger charge is -2.17. The van der Waals surface area contributed by atoms with Crippen LogP contribution in [0.1, 0.15) is 40.6 Å². The molecular weight excluding hydrogens is 411 g/mol. The van der Waals surface area contributed by atoms with Crippen molar-refractivity contribution in [1.29, 1.82) is 5.26 Å². The number of hydrogen-bond donors (Lipinski definition) is 2. The summed E-state index contributed by atoms with van der Waals surface area (Å²) in [6.07, 6.45) is 0.293. The number of halogens is 1. The smallest absolute Gasteiger partial charge is 0.391 e. The number of rotatable bonds is 7. The second-order valence-corrected chi connectivity index (χ2v) is 8.48. The fourth-order valence-corrected chi connectivity index (χ4v) is 4.25. The lowest BCUT2D eigenvalue weighted by atomic mass is 9.97. The molecule has 1 heterocycles. The number of aromatic amines is 1. The highest BCUT2D eigenvalue weighted by molar-refractivity contribution is 7.89. The van der Waals surface area contributed by atoms with E-state index in [1.165, 1.54) is 30.3 Å². The standard InChI is InChI=1S/C20H19FN4O4S/c1-12-3-9-17(21)16(13(12)2)8-10-18(19-23-24-20(26)29-19)25-30(27,28)15-6-4-14(11-22)5-7-15/h3-7,9,18,25H,8,10H2,1-2H3,(H,24,26)/t18-/m0/s1. The van der Waals surface area contributed by atoms with Gasteiger partial charge in [0.05, 0.1) is 16.5 Å². The minimum absolute atomic E-state index is 0.0673. The molecule has 10 heteroatoms. The van der Waals surface area contributed by atoms with Gasteiger partial charge in [-0.3, -0.25) is 0 Å². The molecule has 0 spiro atoms. The highest BCUT2D eigenvalue weighted by Crippen LogP contribution is 2.24. The summed E-state index contributed by atoms with van der Waals surface area (Å²) in [6.45, 7) is 3.65. The molecule has 30 heavy (non-hydrogen) atoms. The summed E-state index contributed by atoms with van der Waals surface area (Å²) in [6, 6.07) is 9.29. The predicted octanol–water partition coefficient (Wildman–Crippen LogP) is 2.64. The van der Waals surface area contributed by atoms with Gasteiger partial charge in [-0.25, -0.2) is 22.7 Å². The first-order valence-corrected chi connectivity index (χ1v) is 10.5. The van der Waals surface area contributed by atoms with Gasteiger partial charge in [0.2, 0.25) is 15.9 Å². The summed E-state index contributed by atoms with van der Waals surface area (Å²) in [4.78, 5) is 11.3. The number of sulfonamides is 1. The van der Waals surface area contributed by atoms with Crippen LogP contribution < -0.4 is 10.5 Å². The van der Waals surface area contributed by atoms with Crippen LogP contribution in [-0.2, 0) is 16.4 Å². The molecule has 8 nitrogen and oxygen atoms in total. The fourth-order valence-electron chi connectivity index (χ4n) is 3.02. The number of aromatic nitrogens is 2. The molecule has 0 fully saturated rings. The second kappa shape index (κ2) is 8.61. The van der Waals surface area contributed by atoms with Crippen LogP contribution in [0.4, 0.5) is 4.39 Å². The van der Waals surface area contributed by atoms with E-state index in [-0.39, 0.29) is 23.6 Å². The Labute approximate surface area is 172 Å². The van der Waals surface area contributed by atoms with Gasteiger partial charge >= 0.3 is 5.76 Å². The Hall–Kier alpha value is -3.29. The van der Waals surface area contributed by atoms with E-state index < -0.39 is 27.6 Å². The first-order chi connectivity index (χ1) is 14.2. The molecule has 0 radical (unpaired) electrons. The maximum Gasteiger partial charge on any atom is 0.434 e. The molecule has 0 aliphatic rings. The summed E-state index contributed by atoms with van der Waals surface area (Å²) in [7, 11) is -4.03. The Bertz CT molecular complexity index is 1260. The average molecular weight is 430 g/mol. The number of H-pyrrole nitrogens is 1. The van der Waals surface area contributed by atoms with Gasteiger partial charge in [0.25, 0.3) is 0 Å². The van der Waals surface area contributed by atoms with Gasteiger partial charge in [0.15, 0.2) is 0 Å². The maximum absolute atomic E-state index is 14.3. The SMILES string of the molecule is Cc1ccc(F)c(CC[C@H](NS(=O)(=O)c2ccc(C#N)cc2)c2n[nH]c(=O)o2)c1C. The van der Waals surface area contributed by atoms with Crippen molar-refractivity contribution >= 4 is 10.0 Å². The number of aryl methyl sites for hydroxylation is 1. The van der Waals surface area contributed by atoms with E-state index in [1.807, 2.05) is 13.0 Å². The lowest BCUT2D eigenvalue weighted by Crippen LogP contribution is -2.29. The summed E-state index contributed by atoms with van der Waals surface area (Å²) in [5.41, 5.74) is 2.45. The van der Waals surface area contributed by atoms with Crippen molar-refractivity contribution in [1.82, 2.24) is 14.9 Å². The normalized spacial score (nSPS) is 12.5. The van der Waals surface area contributed by atoms with Gasteiger partial charge in [-0.1, -0.05) is 6.07 Å². The Morgan fingerprint density at radius 2 is 1.93 bits per heavy atom. The monoisotopic (exact) mass is 430 g/mol. The Balaban J connectivity index is 1.89. The van der Waals surface area contributed by atoms with Crippen molar-refractivity contribution in [2.45, 2.75) is 37.6 Å². The van der Waals surface area contributed by atoms with Crippen molar-refractivity contribution in [3.8, 4) is 6.07 Å². The van der Waals surface area contributed by atoms with Crippen LogP contribution in [0.25, 0.3) is 0 Å². The molecule has 156 valence electrons. The maximum atomic E-state index is 14.3. The Morgan fingerprint density at radius 3 is 2.53 bits per heavy atom. The van der Waals surface area contributed by atoms with Gasteiger partial charge in [0, 0.05) is 0 Å². The van der Waals surface area contributed by atoms with Gasteiger partial charge in [-0.15, -0.1) is 5.10 Å². The zero-order chi connectivity index (χ0) is 21.9. The molecule has 2 N–H and O–H groups in total. The molecule has 0 unspecified atom stereocenters. The van der Waals surface area contributed by atoms with Crippen LogP contribution in [0.3, 0.4) is 0 Å². The minimum atomic E-state index is -4.03. The van der Waals surface area contributed by atoms with E-state index in [4.69, 9.17) is 9.68 Å². The summed E-state index contributed by atoms with van der Waals surface area (Å²) >= 11 is 0. The zero-order valence-electron chi connectivity index (χ0n) is 16.3. The second-order valence-electron chi connectivity index (χ2n) is 6.77. The number of nitrogens with zero attached hydrogens (tertiary/aromatic N) is 2. The van der Waals surface area contributed by atoms with Gasteiger partial charge in [-0.2, -0.15) is 9.98 Å². The molecule has 3 aromatic rings. The van der Waals surface area contributed by atoms with Gasteiger partial charge in [0.1, 0.15) is 11.9 Å². The first kappa shape index (κ1) is 21.4. The van der Waals surface area contributed by atoms with Crippen LogP contribution in [0.2, 0.25) is 0 Å². The fraction of sp³-hybridized carbons (Fsp3) is 0.250. The Kier molecular flexibility index (Phi) is 6.14. The summed E-state index contributed by atoms with van der Waals surface area (Å²) < 4.78 is 47.3. The van der Waals surface area contributed by atoms with E-state index in [9.17, 15) is 17.6 Å². The molecule has 1 aromatic heterocycles. The predicted molar refractivity (Wildman–Crippen MR) is 106 cm³/mol. The number of nitriles is 1. The van der Waals surface area contributed by atoms with Crippen molar-refractivity contribution in [2.75, 3.05) is 0 Å². The molecule has 0 amide bonds. The van der Waals surface area contributed by atoms with E-state index in [1.54, 1.807) is 13.0 Å².